The second kappa shape index (κ2) is 7.01. The highest BCUT2D eigenvalue weighted by atomic mass is 35.5. The van der Waals surface area contributed by atoms with Gasteiger partial charge < -0.3 is 15.4 Å². The van der Waals surface area contributed by atoms with Crippen LogP contribution in [-0.4, -0.2) is 29.3 Å². The molecule has 3 N–H and O–H groups in total. The van der Waals surface area contributed by atoms with Gasteiger partial charge in [-0.2, -0.15) is 5.10 Å². The smallest absolute Gasteiger partial charge is 0.272 e. The third-order valence-electron chi connectivity index (χ3n) is 4.35. The van der Waals surface area contributed by atoms with Gasteiger partial charge in [-0.3, -0.25) is 9.89 Å². The number of H-pyrrole nitrogens is 1. The monoisotopic (exact) mass is 368 g/mol. The molecule has 4 rings (SSSR count). The topological polar surface area (TPSA) is 79.0 Å². The van der Waals surface area contributed by atoms with Crippen LogP contribution >= 0.6 is 24.0 Å². The van der Waals surface area contributed by atoms with E-state index in [1.807, 2.05) is 12.1 Å². The van der Waals surface area contributed by atoms with Crippen molar-refractivity contribution in [2.24, 2.45) is 0 Å². The van der Waals surface area contributed by atoms with Crippen molar-refractivity contribution >= 4 is 29.9 Å². The van der Waals surface area contributed by atoms with Gasteiger partial charge in [0.15, 0.2) is 5.69 Å². The second-order valence-corrected chi connectivity index (χ2v) is 6.18. The number of amides is 1. The first-order chi connectivity index (χ1) is 11.2. The van der Waals surface area contributed by atoms with Crippen LogP contribution in [0.4, 0.5) is 0 Å². The zero-order valence-corrected chi connectivity index (χ0v) is 14.5. The normalized spacial score (nSPS) is 18.6. The molecular weight excluding hydrogens is 351 g/mol. The van der Waals surface area contributed by atoms with E-state index < -0.39 is 0 Å². The lowest BCUT2D eigenvalue weighted by Crippen LogP contribution is -2.33. The van der Waals surface area contributed by atoms with Crippen LogP contribution in [0.25, 0.3) is 0 Å². The van der Waals surface area contributed by atoms with E-state index in [4.69, 9.17) is 16.3 Å². The average Bonchev–Trinajstić information content (AvgIpc) is 3.00. The number of halogens is 2. The summed E-state index contributed by atoms with van der Waals surface area (Å²) in [6.07, 6.45) is 1.58. The summed E-state index contributed by atoms with van der Waals surface area (Å²) >= 11 is 6.18. The fourth-order valence-corrected chi connectivity index (χ4v) is 3.41. The third kappa shape index (κ3) is 2.97. The van der Waals surface area contributed by atoms with Gasteiger partial charge in [0, 0.05) is 42.8 Å². The standard InChI is InChI=1S/C16H17ClN4O2.ClH/c17-11-3-1-2-9-12(5-7-23-15(9)11)19-16(22)14-10-8-18-6-4-13(10)20-21-14;/h1-3,12,18H,4-8H2,(H,19,22)(H,20,21);1H. The van der Waals surface area contributed by atoms with Gasteiger partial charge in [0.25, 0.3) is 5.91 Å². The van der Waals surface area contributed by atoms with E-state index in [1.54, 1.807) is 6.07 Å². The first-order valence-corrected chi connectivity index (χ1v) is 8.10. The number of aromatic amines is 1. The van der Waals surface area contributed by atoms with Gasteiger partial charge in [-0.05, 0) is 6.07 Å². The quantitative estimate of drug-likeness (QED) is 0.760. The zero-order valence-electron chi connectivity index (χ0n) is 12.9. The summed E-state index contributed by atoms with van der Waals surface area (Å²) in [5.74, 6) is 0.500. The van der Waals surface area contributed by atoms with Crippen molar-refractivity contribution in [2.75, 3.05) is 13.2 Å². The number of nitrogens with one attached hydrogen (secondary N) is 3. The van der Waals surface area contributed by atoms with Crippen LogP contribution in [0.15, 0.2) is 18.2 Å². The largest absolute Gasteiger partial charge is 0.492 e. The molecule has 3 heterocycles. The molecule has 1 amide bonds. The number of carbonyl (C=O) groups is 1. The third-order valence-corrected chi connectivity index (χ3v) is 4.65. The maximum atomic E-state index is 12.6. The fourth-order valence-electron chi connectivity index (χ4n) is 3.18. The average molecular weight is 369 g/mol. The van der Waals surface area contributed by atoms with E-state index in [0.29, 0.717) is 36.0 Å². The maximum Gasteiger partial charge on any atom is 0.272 e. The highest BCUT2D eigenvalue weighted by Crippen LogP contribution is 2.37. The van der Waals surface area contributed by atoms with Crippen molar-refractivity contribution in [1.29, 1.82) is 0 Å². The number of nitrogens with zero attached hydrogens (tertiary/aromatic N) is 1. The molecule has 0 saturated carbocycles. The number of rotatable bonds is 2. The van der Waals surface area contributed by atoms with Gasteiger partial charge >= 0.3 is 0 Å². The summed E-state index contributed by atoms with van der Waals surface area (Å²) in [4.78, 5) is 12.6. The van der Waals surface area contributed by atoms with Crippen molar-refractivity contribution in [2.45, 2.75) is 25.4 Å². The lowest BCUT2D eigenvalue weighted by atomic mass is 10.00. The number of para-hydroxylation sites is 1. The Labute approximate surface area is 150 Å². The van der Waals surface area contributed by atoms with Crippen LogP contribution in [0.5, 0.6) is 5.75 Å². The lowest BCUT2D eigenvalue weighted by molar-refractivity contribution is 0.0918. The van der Waals surface area contributed by atoms with E-state index >= 15 is 0 Å². The summed E-state index contributed by atoms with van der Waals surface area (Å²) in [6, 6.07) is 5.48. The Morgan fingerprint density at radius 3 is 3.17 bits per heavy atom. The van der Waals surface area contributed by atoms with Crippen LogP contribution in [0.2, 0.25) is 5.02 Å². The van der Waals surface area contributed by atoms with Crippen molar-refractivity contribution in [3.63, 3.8) is 0 Å². The predicted octanol–water partition coefficient (Wildman–Crippen LogP) is 2.38. The summed E-state index contributed by atoms with van der Waals surface area (Å²) in [5, 5.41) is 14.1. The van der Waals surface area contributed by atoms with Crippen molar-refractivity contribution in [3.8, 4) is 5.75 Å². The van der Waals surface area contributed by atoms with Gasteiger partial charge in [-0.1, -0.05) is 23.7 Å². The summed E-state index contributed by atoms with van der Waals surface area (Å²) < 4.78 is 5.63. The number of fused-ring (bicyclic) bond motifs is 2. The van der Waals surface area contributed by atoms with Gasteiger partial charge in [-0.15, -0.1) is 12.4 Å². The van der Waals surface area contributed by atoms with Gasteiger partial charge in [0.2, 0.25) is 0 Å². The van der Waals surface area contributed by atoms with E-state index in [2.05, 4.69) is 20.8 Å². The highest BCUT2D eigenvalue weighted by Gasteiger charge is 2.28. The number of hydrogen-bond donors (Lipinski definition) is 3. The SMILES string of the molecule is Cl.O=C(NC1CCOc2c(Cl)cccc21)c1n[nH]c2c1CNCC2. The summed E-state index contributed by atoms with van der Waals surface area (Å²) in [6.45, 7) is 2.11. The molecule has 0 saturated heterocycles. The Morgan fingerprint density at radius 1 is 1.42 bits per heavy atom. The Balaban J connectivity index is 0.00000169. The van der Waals surface area contributed by atoms with Crippen LogP contribution < -0.4 is 15.4 Å². The molecule has 1 atom stereocenters. The predicted molar refractivity (Wildman–Crippen MR) is 93.0 cm³/mol. The van der Waals surface area contributed by atoms with Gasteiger partial charge in [0.05, 0.1) is 17.7 Å². The van der Waals surface area contributed by atoms with E-state index in [9.17, 15) is 4.79 Å². The molecule has 128 valence electrons. The van der Waals surface area contributed by atoms with Gasteiger partial charge in [-0.25, -0.2) is 0 Å². The number of benzene rings is 1. The molecule has 0 spiro atoms. The highest BCUT2D eigenvalue weighted by molar-refractivity contribution is 6.32. The molecule has 1 aromatic carbocycles. The number of ether oxygens (including phenoxy) is 1. The molecule has 6 nitrogen and oxygen atoms in total. The van der Waals surface area contributed by atoms with Crippen molar-refractivity contribution in [1.82, 2.24) is 20.8 Å². The molecule has 1 aromatic heterocycles. The molecular formula is C16H18Cl2N4O2. The van der Waals surface area contributed by atoms with Crippen LogP contribution in [0.1, 0.15) is 39.8 Å². The van der Waals surface area contributed by atoms with Crippen molar-refractivity contribution in [3.05, 3.63) is 45.7 Å². The van der Waals surface area contributed by atoms with Crippen LogP contribution in [-0.2, 0) is 13.0 Å². The van der Waals surface area contributed by atoms with E-state index in [-0.39, 0.29) is 24.4 Å². The minimum atomic E-state index is -0.163. The molecule has 0 radical (unpaired) electrons. The molecule has 0 aliphatic carbocycles. The minimum Gasteiger partial charge on any atom is -0.492 e. The Kier molecular flexibility index (Phi) is 4.99. The lowest BCUT2D eigenvalue weighted by Gasteiger charge is -2.27. The first kappa shape index (κ1) is 17.1. The molecule has 1 unspecified atom stereocenters. The second-order valence-electron chi connectivity index (χ2n) is 5.78. The Hall–Kier alpha value is -1.76. The number of hydrogen-bond acceptors (Lipinski definition) is 4. The molecule has 8 heteroatoms. The zero-order chi connectivity index (χ0) is 15.8. The van der Waals surface area contributed by atoms with Gasteiger partial charge in [0.1, 0.15) is 5.75 Å². The molecule has 2 aromatic rings. The Bertz CT molecular complexity index is 763. The van der Waals surface area contributed by atoms with Crippen LogP contribution in [0.3, 0.4) is 0 Å². The van der Waals surface area contributed by atoms with E-state index in [0.717, 1.165) is 29.8 Å². The molecule has 2 aliphatic heterocycles. The fraction of sp³-hybridized carbons (Fsp3) is 0.375. The van der Waals surface area contributed by atoms with Crippen LogP contribution in [0, 0.1) is 0 Å². The summed E-state index contributed by atoms with van der Waals surface area (Å²) in [5.41, 5.74) is 3.40. The number of carbonyl (C=O) groups excluding carboxylic acids is 1. The first-order valence-electron chi connectivity index (χ1n) is 7.73. The molecule has 0 bridgehead atoms. The summed E-state index contributed by atoms with van der Waals surface area (Å²) in [7, 11) is 0. The number of aromatic nitrogens is 2. The molecule has 24 heavy (non-hydrogen) atoms. The Morgan fingerprint density at radius 2 is 2.29 bits per heavy atom. The molecule has 2 aliphatic rings. The maximum absolute atomic E-state index is 12.6. The van der Waals surface area contributed by atoms with E-state index in [1.165, 1.54) is 0 Å². The minimum absolute atomic E-state index is 0. The molecule has 0 fully saturated rings. The van der Waals surface area contributed by atoms with Crippen molar-refractivity contribution < 1.29 is 9.53 Å².